The van der Waals surface area contributed by atoms with Crippen molar-refractivity contribution in [3.05, 3.63) is 11.6 Å². The molecular weight excluding hydrogens is 208 g/mol. The highest BCUT2D eigenvalue weighted by atomic mass is 16.3. The van der Waals surface area contributed by atoms with Crippen LogP contribution in [0.2, 0.25) is 0 Å². The summed E-state index contributed by atoms with van der Waals surface area (Å²) in [5.74, 6) is 2.57. The van der Waals surface area contributed by atoms with Gasteiger partial charge in [0.05, 0.1) is 6.10 Å². The molecule has 0 aromatic carbocycles. The Kier molecular flexibility index (Phi) is 4.30. The van der Waals surface area contributed by atoms with E-state index in [1.54, 1.807) is 0 Å². The van der Waals surface area contributed by atoms with Crippen LogP contribution in [0.25, 0.3) is 0 Å². The van der Waals surface area contributed by atoms with E-state index in [9.17, 15) is 5.11 Å². The molecule has 98 valence electrons. The minimum atomic E-state index is -0.0520. The van der Waals surface area contributed by atoms with Crippen molar-refractivity contribution in [1.82, 2.24) is 0 Å². The quantitative estimate of drug-likeness (QED) is 0.714. The third-order valence-electron chi connectivity index (χ3n) is 4.77. The number of rotatable bonds is 2. The van der Waals surface area contributed by atoms with Crippen molar-refractivity contribution in [2.24, 2.45) is 23.7 Å². The van der Waals surface area contributed by atoms with Crippen LogP contribution < -0.4 is 0 Å². The van der Waals surface area contributed by atoms with Gasteiger partial charge in [-0.25, -0.2) is 0 Å². The first-order chi connectivity index (χ1) is 8.06. The summed E-state index contributed by atoms with van der Waals surface area (Å²) in [5, 5.41) is 10.6. The number of hydrogen-bond donors (Lipinski definition) is 1. The Morgan fingerprint density at radius 3 is 2.59 bits per heavy atom. The van der Waals surface area contributed by atoms with Gasteiger partial charge in [-0.2, -0.15) is 0 Å². The molecule has 5 atom stereocenters. The van der Waals surface area contributed by atoms with Gasteiger partial charge in [-0.05, 0) is 56.3 Å². The Bertz CT molecular complexity index is 281. The molecule has 1 fully saturated rings. The molecule has 5 unspecified atom stereocenters. The molecule has 0 aromatic rings. The summed E-state index contributed by atoms with van der Waals surface area (Å²) >= 11 is 0. The third-order valence-corrected chi connectivity index (χ3v) is 4.77. The Labute approximate surface area is 106 Å². The van der Waals surface area contributed by atoms with E-state index in [0.717, 1.165) is 12.3 Å². The lowest BCUT2D eigenvalue weighted by Gasteiger charge is -2.37. The summed E-state index contributed by atoms with van der Waals surface area (Å²) < 4.78 is 0. The van der Waals surface area contributed by atoms with Crippen molar-refractivity contribution in [2.75, 3.05) is 0 Å². The van der Waals surface area contributed by atoms with E-state index in [4.69, 9.17) is 0 Å². The molecule has 1 N–H and O–H groups in total. The zero-order valence-electron chi connectivity index (χ0n) is 11.7. The lowest BCUT2D eigenvalue weighted by Crippen LogP contribution is -2.34. The van der Waals surface area contributed by atoms with Crippen LogP contribution in [-0.2, 0) is 0 Å². The summed E-state index contributed by atoms with van der Waals surface area (Å²) in [6.45, 7) is 6.85. The van der Waals surface area contributed by atoms with Gasteiger partial charge in [0.2, 0.25) is 0 Å². The second-order valence-corrected chi connectivity index (χ2v) is 6.71. The minimum Gasteiger partial charge on any atom is -0.393 e. The van der Waals surface area contributed by atoms with Crippen molar-refractivity contribution in [1.29, 1.82) is 0 Å². The average molecular weight is 236 g/mol. The SMILES string of the molecule is CC1=CC(C)CC(C(O)C2CCCC(C)C2)C1. The highest BCUT2D eigenvalue weighted by molar-refractivity contribution is 5.07. The molecule has 2 aliphatic carbocycles. The van der Waals surface area contributed by atoms with Crippen LogP contribution in [0.1, 0.15) is 59.3 Å². The van der Waals surface area contributed by atoms with Crippen molar-refractivity contribution < 1.29 is 5.11 Å². The second-order valence-electron chi connectivity index (χ2n) is 6.71. The Morgan fingerprint density at radius 2 is 1.94 bits per heavy atom. The maximum absolute atomic E-state index is 10.6. The molecule has 17 heavy (non-hydrogen) atoms. The van der Waals surface area contributed by atoms with E-state index < -0.39 is 0 Å². The standard InChI is InChI=1S/C16H28O/c1-11-5-4-6-14(8-11)16(17)15-9-12(2)7-13(3)10-15/h7,11-12,14-17H,4-6,8-10H2,1-3H3. The summed E-state index contributed by atoms with van der Waals surface area (Å²) in [5.41, 5.74) is 1.48. The first-order valence-corrected chi connectivity index (χ1v) is 7.41. The van der Waals surface area contributed by atoms with Crippen LogP contribution >= 0.6 is 0 Å². The van der Waals surface area contributed by atoms with Gasteiger partial charge in [-0.1, -0.05) is 38.3 Å². The summed E-state index contributed by atoms with van der Waals surface area (Å²) in [6.07, 6.45) is 9.81. The van der Waals surface area contributed by atoms with Gasteiger partial charge in [-0.15, -0.1) is 0 Å². The number of aliphatic hydroxyl groups excluding tert-OH is 1. The molecule has 0 heterocycles. The van der Waals surface area contributed by atoms with Crippen LogP contribution in [-0.4, -0.2) is 11.2 Å². The molecular formula is C16H28O. The molecule has 0 aromatic heterocycles. The van der Waals surface area contributed by atoms with Crippen LogP contribution in [0.3, 0.4) is 0 Å². The summed E-state index contributed by atoms with van der Waals surface area (Å²) in [4.78, 5) is 0. The maximum atomic E-state index is 10.6. The van der Waals surface area contributed by atoms with Crippen molar-refractivity contribution in [3.8, 4) is 0 Å². The van der Waals surface area contributed by atoms with E-state index >= 15 is 0 Å². The monoisotopic (exact) mass is 236 g/mol. The maximum Gasteiger partial charge on any atom is 0.0599 e. The molecule has 1 nitrogen and oxygen atoms in total. The third kappa shape index (κ3) is 3.34. The number of aliphatic hydroxyl groups is 1. The van der Waals surface area contributed by atoms with Crippen molar-refractivity contribution in [3.63, 3.8) is 0 Å². The highest BCUT2D eigenvalue weighted by Crippen LogP contribution is 2.38. The molecule has 0 radical (unpaired) electrons. The van der Waals surface area contributed by atoms with Gasteiger partial charge in [-0.3, -0.25) is 0 Å². The molecule has 0 spiro atoms. The van der Waals surface area contributed by atoms with Crippen LogP contribution in [0, 0.1) is 23.7 Å². The van der Waals surface area contributed by atoms with Crippen LogP contribution in [0.5, 0.6) is 0 Å². The van der Waals surface area contributed by atoms with Gasteiger partial charge in [0.25, 0.3) is 0 Å². The number of allylic oxidation sites excluding steroid dienone is 2. The van der Waals surface area contributed by atoms with E-state index in [1.807, 2.05) is 0 Å². The largest absolute Gasteiger partial charge is 0.393 e. The Morgan fingerprint density at radius 1 is 1.18 bits per heavy atom. The van der Waals surface area contributed by atoms with Gasteiger partial charge in [0.15, 0.2) is 0 Å². The second kappa shape index (κ2) is 5.56. The minimum absolute atomic E-state index is 0.0520. The van der Waals surface area contributed by atoms with Crippen LogP contribution in [0.15, 0.2) is 11.6 Å². The van der Waals surface area contributed by atoms with Crippen LogP contribution in [0.4, 0.5) is 0 Å². The molecule has 0 saturated heterocycles. The predicted octanol–water partition coefficient (Wildman–Crippen LogP) is 4.17. The molecule has 0 aliphatic heterocycles. The first-order valence-electron chi connectivity index (χ1n) is 7.41. The van der Waals surface area contributed by atoms with Crippen molar-refractivity contribution in [2.45, 2.75) is 65.4 Å². The fourth-order valence-corrected chi connectivity index (χ4v) is 4.03. The highest BCUT2D eigenvalue weighted by Gasteiger charge is 2.32. The van der Waals surface area contributed by atoms with E-state index in [1.165, 1.54) is 37.7 Å². The molecule has 2 aliphatic rings. The molecule has 0 amide bonds. The molecule has 1 heteroatoms. The fourth-order valence-electron chi connectivity index (χ4n) is 4.03. The van der Waals surface area contributed by atoms with Gasteiger partial charge >= 0.3 is 0 Å². The van der Waals surface area contributed by atoms with E-state index in [0.29, 0.717) is 17.8 Å². The van der Waals surface area contributed by atoms with Gasteiger partial charge < -0.3 is 5.11 Å². The number of hydrogen-bond acceptors (Lipinski definition) is 1. The Hall–Kier alpha value is -0.300. The van der Waals surface area contributed by atoms with Gasteiger partial charge in [0.1, 0.15) is 0 Å². The molecule has 1 saturated carbocycles. The topological polar surface area (TPSA) is 20.2 Å². The molecule has 0 bridgehead atoms. The first kappa shape index (κ1) is 13.1. The normalized spacial score (nSPS) is 40.8. The smallest absolute Gasteiger partial charge is 0.0599 e. The van der Waals surface area contributed by atoms with Gasteiger partial charge in [0, 0.05) is 0 Å². The lowest BCUT2D eigenvalue weighted by molar-refractivity contribution is 0.0155. The predicted molar refractivity (Wildman–Crippen MR) is 72.8 cm³/mol. The zero-order chi connectivity index (χ0) is 12.4. The van der Waals surface area contributed by atoms with E-state index in [2.05, 4.69) is 26.8 Å². The Balaban J connectivity index is 1.95. The fraction of sp³-hybridized carbons (Fsp3) is 0.875. The van der Waals surface area contributed by atoms with E-state index in [-0.39, 0.29) is 6.10 Å². The lowest BCUT2D eigenvalue weighted by atomic mass is 9.71. The summed E-state index contributed by atoms with van der Waals surface area (Å²) in [7, 11) is 0. The average Bonchev–Trinajstić information content (AvgIpc) is 2.26. The molecule has 2 rings (SSSR count). The summed E-state index contributed by atoms with van der Waals surface area (Å²) in [6, 6.07) is 0. The zero-order valence-corrected chi connectivity index (χ0v) is 11.7. The van der Waals surface area contributed by atoms with Crippen molar-refractivity contribution >= 4 is 0 Å².